The monoisotopic (exact) mass is 233 g/mol. The quantitative estimate of drug-likeness (QED) is 0.849. The van der Waals surface area contributed by atoms with Crippen LogP contribution in [0.3, 0.4) is 0 Å². The number of hydrogen-bond acceptors (Lipinski definition) is 2. The first-order valence-electron chi connectivity index (χ1n) is 6.39. The molecule has 0 saturated heterocycles. The molecule has 1 unspecified atom stereocenters. The van der Waals surface area contributed by atoms with Gasteiger partial charge in [0.1, 0.15) is 5.75 Å². The topological polar surface area (TPSA) is 35.2 Å². The highest BCUT2D eigenvalue weighted by Crippen LogP contribution is 2.44. The minimum Gasteiger partial charge on any atom is -0.497 e. The van der Waals surface area contributed by atoms with Crippen LogP contribution in [-0.4, -0.2) is 7.11 Å². The van der Waals surface area contributed by atoms with Crippen LogP contribution in [0.25, 0.3) is 0 Å². The van der Waals surface area contributed by atoms with Crippen molar-refractivity contribution in [3.8, 4) is 5.75 Å². The van der Waals surface area contributed by atoms with Gasteiger partial charge in [0.15, 0.2) is 0 Å². The van der Waals surface area contributed by atoms with Crippen molar-refractivity contribution in [2.75, 3.05) is 7.11 Å². The molecule has 0 bridgehead atoms. The highest BCUT2D eigenvalue weighted by atomic mass is 16.5. The molecule has 1 aromatic carbocycles. The molecule has 1 saturated carbocycles. The zero-order chi connectivity index (χ0) is 12.5. The number of benzene rings is 1. The lowest BCUT2D eigenvalue weighted by Crippen LogP contribution is -2.44. The van der Waals surface area contributed by atoms with Crippen molar-refractivity contribution in [2.24, 2.45) is 11.1 Å². The van der Waals surface area contributed by atoms with E-state index in [2.05, 4.69) is 26.0 Å². The minimum atomic E-state index is -0.159. The molecule has 2 nitrogen and oxygen atoms in total. The van der Waals surface area contributed by atoms with Crippen LogP contribution in [0.4, 0.5) is 0 Å². The largest absolute Gasteiger partial charge is 0.497 e. The van der Waals surface area contributed by atoms with Gasteiger partial charge < -0.3 is 10.5 Å². The zero-order valence-electron chi connectivity index (χ0n) is 11.1. The smallest absolute Gasteiger partial charge is 0.118 e. The van der Waals surface area contributed by atoms with Gasteiger partial charge in [0, 0.05) is 5.54 Å². The molecule has 1 aliphatic rings. The first kappa shape index (κ1) is 12.4. The fourth-order valence-corrected chi connectivity index (χ4v) is 3.08. The Morgan fingerprint density at radius 3 is 2.29 bits per heavy atom. The summed E-state index contributed by atoms with van der Waals surface area (Å²) in [6.07, 6.45) is 4.65. The van der Waals surface area contributed by atoms with Crippen LogP contribution in [0, 0.1) is 5.41 Å². The van der Waals surface area contributed by atoms with Crippen LogP contribution in [0.5, 0.6) is 5.75 Å². The second kappa shape index (κ2) is 4.34. The molecule has 0 amide bonds. The van der Waals surface area contributed by atoms with Gasteiger partial charge in [0.2, 0.25) is 0 Å². The third-order valence-corrected chi connectivity index (χ3v) is 3.94. The molecule has 0 heterocycles. The fourth-order valence-electron chi connectivity index (χ4n) is 3.08. The van der Waals surface area contributed by atoms with Gasteiger partial charge >= 0.3 is 0 Å². The summed E-state index contributed by atoms with van der Waals surface area (Å²) in [5.41, 5.74) is 8.04. The maximum atomic E-state index is 6.61. The van der Waals surface area contributed by atoms with Crippen molar-refractivity contribution in [3.63, 3.8) is 0 Å². The molecule has 0 aromatic heterocycles. The van der Waals surface area contributed by atoms with Gasteiger partial charge in [-0.25, -0.2) is 0 Å². The van der Waals surface area contributed by atoms with E-state index < -0.39 is 0 Å². The molecule has 0 radical (unpaired) electrons. The van der Waals surface area contributed by atoms with Crippen molar-refractivity contribution in [1.29, 1.82) is 0 Å². The van der Waals surface area contributed by atoms with Gasteiger partial charge in [0.25, 0.3) is 0 Å². The van der Waals surface area contributed by atoms with E-state index in [0.29, 0.717) is 5.41 Å². The maximum absolute atomic E-state index is 6.61. The van der Waals surface area contributed by atoms with Gasteiger partial charge in [-0.15, -0.1) is 0 Å². The highest BCUT2D eigenvalue weighted by Gasteiger charge is 2.38. The fraction of sp³-hybridized carbons (Fsp3) is 0.600. The first-order chi connectivity index (χ1) is 7.95. The average molecular weight is 233 g/mol. The lowest BCUT2D eigenvalue weighted by molar-refractivity contribution is 0.151. The Hall–Kier alpha value is -1.02. The molecule has 1 aliphatic carbocycles. The second-order valence-electron chi connectivity index (χ2n) is 6.08. The molecule has 0 spiro atoms. The lowest BCUT2D eigenvalue weighted by Gasteiger charge is -2.43. The third-order valence-electron chi connectivity index (χ3n) is 3.94. The summed E-state index contributed by atoms with van der Waals surface area (Å²) in [6, 6.07) is 8.23. The van der Waals surface area contributed by atoms with Crippen molar-refractivity contribution in [2.45, 2.75) is 45.1 Å². The van der Waals surface area contributed by atoms with Crippen molar-refractivity contribution >= 4 is 0 Å². The van der Waals surface area contributed by atoms with Crippen LogP contribution in [0.2, 0.25) is 0 Å². The SMILES string of the molecule is COc1ccc(C2(N)CCCC(C)(C)C2)cc1. The van der Waals surface area contributed by atoms with Gasteiger partial charge in [-0.3, -0.25) is 0 Å². The summed E-state index contributed by atoms with van der Waals surface area (Å²) in [7, 11) is 1.69. The predicted octanol–water partition coefficient (Wildman–Crippen LogP) is 3.45. The Bertz CT molecular complexity index is 382. The molecule has 2 rings (SSSR count). The van der Waals surface area contributed by atoms with Gasteiger partial charge in [-0.05, 0) is 42.4 Å². The van der Waals surface area contributed by atoms with E-state index in [9.17, 15) is 0 Å². The van der Waals surface area contributed by atoms with Gasteiger partial charge in [0.05, 0.1) is 7.11 Å². The van der Waals surface area contributed by atoms with E-state index in [4.69, 9.17) is 10.5 Å². The predicted molar refractivity (Wildman–Crippen MR) is 71.1 cm³/mol. The Morgan fingerprint density at radius 1 is 1.12 bits per heavy atom. The van der Waals surface area contributed by atoms with Crippen molar-refractivity contribution in [1.82, 2.24) is 0 Å². The Kier molecular flexibility index (Phi) is 3.17. The molecule has 1 fully saturated rings. The van der Waals surface area contributed by atoms with E-state index in [1.807, 2.05) is 12.1 Å². The normalized spacial score (nSPS) is 27.8. The number of hydrogen-bond donors (Lipinski definition) is 1. The maximum Gasteiger partial charge on any atom is 0.118 e. The number of methoxy groups -OCH3 is 1. The summed E-state index contributed by atoms with van der Waals surface area (Å²) in [6.45, 7) is 4.63. The molecule has 0 aliphatic heterocycles. The second-order valence-corrected chi connectivity index (χ2v) is 6.08. The van der Waals surface area contributed by atoms with Crippen molar-refractivity contribution in [3.05, 3.63) is 29.8 Å². The molecule has 1 aromatic rings. The molecule has 17 heavy (non-hydrogen) atoms. The molecular formula is C15H23NO. The summed E-state index contributed by atoms with van der Waals surface area (Å²) >= 11 is 0. The standard InChI is InChI=1S/C15H23NO/c1-14(2)9-4-10-15(16,11-14)12-5-7-13(17-3)8-6-12/h5-8H,4,9-11,16H2,1-3H3. The van der Waals surface area contributed by atoms with Crippen LogP contribution in [0.15, 0.2) is 24.3 Å². The molecule has 2 N–H and O–H groups in total. The number of ether oxygens (including phenoxy) is 1. The number of rotatable bonds is 2. The van der Waals surface area contributed by atoms with E-state index in [0.717, 1.165) is 18.6 Å². The molecule has 1 atom stereocenters. The van der Waals surface area contributed by atoms with Gasteiger partial charge in [-0.2, -0.15) is 0 Å². The van der Waals surface area contributed by atoms with E-state index in [-0.39, 0.29) is 5.54 Å². The Morgan fingerprint density at radius 2 is 1.76 bits per heavy atom. The van der Waals surface area contributed by atoms with Crippen LogP contribution >= 0.6 is 0 Å². The Balaban J connectivity index is 2.24. The van der Waals surface area contributed by atoms with Crippen molar-refractivity contribution < 1.29 is 4.74 Å². The van der Waals surface area contributed by atoms with Crippen LogP contribution in [-0.2, 0) is 5.54 Å². The van der Waals surface area contributed by atoms with E-state index >= 15 is 0 Å². The summed E-state index contributed by atoms with van der Waals surface area (Å²) < 4.78 is 5.19. The molecule has 94 valence electrons. The van der Waals surface area contributed by atoms with E-state index in [1.165, 1.54) is 18.4 Å². The first-order valence-corrected chi connectivity index (χ1v) is 6.39. The third kappa shape index (κ3) is 2.63. The van der Waals surface area contributed by atoms with Gasteiger partial charge in [-0.1, -0.05) is 32.4 Å². The lowest BCUT2D eigenvalue weighted by atomic mass is 9.66. The number of nitrogens with two attached hydrogens (primary N) is 1. The van der Waals surface area contributed by atoms with E-state index in [1.54, 1.807) is 7.11 Å². The minimum absolute atomic E-state index is 0.159. The summed E-state index contributed by atoms with van der Waals surface area (Å²) in [5, 5.41) is 0. The summed E-state index contributed by atoms with van der Waals surface area (Å²) in [5.74, 6) is 0.896. The molecular weight excluding hydrogens is 210 g/mol. The summed E-state index contributed by atoms with van der Waals surface area (Å²) in [4.78, 5) is 0. The van der Waals surface area contributed by atoms with Crippen LogP contribution < -0.4 is 10.5 Å². The zero-order valence-corrected chi connectivity index (χ0v) is 11.1. The molecule has 2 heteroatoms. The Labute approximate surface area is 104 Å². The van der Waals surface area contributed by atoms with Crippen LogP contribution in [0.1, 0.15) is 45.1 Å². The highest BCUT2D eigenvalue weighted by molar-refractivity contribution is 5.32. The average Bonchev–Trinajstić information content (AvgIpc) is 2.27.